The second kappa shape index (κ2) is 5.10. The Morgan fingerprint density at radius 1 is 1.35 bits per heavy atom. The van der Waals surface area contributed by atoms with Crippen LogP contribution in [0.15, 0.2) is 36.7 Å². The molecule has 0 spiro atoms. The Morgan fingerprint density at radius 2 is 2.18 bits per heavy atom. The third-order valence-corrected chi connectivity index (χ3v) is 2.50. The van der Waals surface area contributed by atoms with E-state index in [0.717, 1.165) is 5.69 Å². The fourth-order valence-corrected chi connectivity index (χ4v) is 1.58. The highest BCUT2D eigenvalue weighted by atomic mass is 35.5. The Balaban J connectivity index is 2.16. The predicted molar refractivity (Wildman–Crippen MR) is 65.5 cm³/mol. The molecule has 0 radical (unpaired) electrons. The van der Waals surface area contributed by atoms with Crippen molar-refractivity contribution >= 4 is 17.4 Å². The van der Waals surface area contributed by atoms with Crippen molar-refractivity contribution in [1.29, 1.82) is 0 Å². The van der Waals surface area contributed by atoms with Crippen molar-refractivity contribution in [2.75, 3.05) is 5.32 Å². The Morgan fingerprint density at radius 3 is 2.82 bits per heavy atom. The molecule has 88 valence electrons. The van der Waals surface area contributed by atoms with Gasteiger partial charge in [0.2, 0.25) is 0 Å². The molecule has 0 aliphatic heterocycles. The number of nitrogens with one attached hydrogen (secondary N) is 1. The van der Waals surface area contributed by atoms with Gasteiger partial charge in [-0.2, -0.15) is 0 Å². The van der Waals surface area contributed by atoms with Gasteiger partial charge in [-0.15, -0.1) is 0 Å². The maximum atomic E-state index is 13.5. The van der Waals surface area contributed by atoms with Crippen molar-refractivity contribution < 1.29 is 4.39 Å². The van der Waals surface area contributed by atoms with Crippen LogP contribution in [-0.2, 0) is 0 Å². The van der Waals surface area contributed by atoms with E-state index in [9.17, 15) is 4.39 Å². The van der Waals surface area contributed by atoms with E-state index in [2.05, 4.69) is 15.3 Å². The van der Waals surface area contributed by atoms with E-state index in [4.69, 9.17) is 11.6 Å². The lowest BCUT2D eigenvalue weighted by Gasteiger charge is -2.14. The third kappa shape index (κ3) is 2.91. The first kappa shape index (κ1) is 11.8. The van der Waals surface area contributed by atoms with Crippen LogP contribution in [0.3, 0.4) is 0 Å². The highest BCUT2D eigenvalue weighted by molar-refractivity contribution is 6.30. The van der Waals surface area contributed by atoms with Gasteiger partial charge in [0.15, 0.2) is 11.6 Å². The van der Waals surface area contributed by atoms with E-state index in [-0.39, 0.29) is 16.9 Å². The molecule has 2 aromatic rings. The fraction of sp³-hybridized carbons (Fsp3) is 0.167. The normalized spacial score (nSPS) is 12.2. The molecule has 0 aromatic carbocycles. The van der Waals surface area contributed by atoms with E-state index >= 15 is 0 Å². The molecule has 0 fully saturated rings. The first-order chi connectivity index (χ1) is 8.16. The summed E-state index contributed by atoms with van der Waals surface area (Å²) in [7, 11) is 0. The molecule has 2 rings (SSSR count). The van der Waals surface area contributed by atoms with Crippen LogP contribution in [0.4, 0.5) is 10.2 Å². The first-order valence-corrected chi connectivity index (χ1v) is 5.53. The molecule has 1 N–H and O–H groups in total. The van der Waals surface area contributed by atoms with Crippen LogP contribution in [-0.4, -0.2) is 9.97 Å². The lowest BCUT2D eigenvalue weighted by atomic mass is 10.2. The van der Waals surface area contributed by atoms with Crippen molar-refractivity contribution in [3.63, 3.8) is 0 Å². The average Bonchev–Trinajstić information content (AvgIpc) is 2.34. The van der Waals surface area contributed by atoms with Gasteiger partial charge in [-0.05, 0) is 25.1 Å². The van der Waals surface area contributed by atoms with E-state index in [1.165, 1.54) is 12.3 Å². The van der Waals surface area contributed by atoms with Gasteiger partial charge in [0.1, 0.15) is 0 Å². The maximum absolute atomic E-state index is 13.5. The number of anilines is 1. The zero-order valence-corrected chi connectivity index (χ0v) is 9.95. The molecule has 0 aliphatic rings. The lowest BCUT2D eigenvalue weighted by molar-refractivity contribution is 0.620. The minimum Gasteiger partial charge on any atom is -0.360 e. The zero-order chi connectivity index (χ0) is 12.3. The zero-order valence-electron chi connectivity index (χ0n) is 9.19. The van der Waals surface area contributed by atoms with Crippen LogP contribution in [0, 0.1) is 5.82 Å². The number of hydrogen-bond donors (Lipinski definition) is 1. The van der Waals surface area contributed by atoms with Crippen molar-refractivity contribution in [1.82, 2.24) is 9.97 Å². The molecule has 3 nitrogen and oxygen atoms in total. The van der Waals surface area contributed by atoms with Crippen LogP contribution in [0.5, 0.6) is 0 Å². The van der Waals surface area contributed by atoms with Crippen LogP contribution in [0.2, 0.25) is 5.02 Å². The Labute approximate surface area is 104 Å². The molecular weight excluding hydrogens is 241 g/mol. The summed E-state index contributed by atoms with van der Waals surface area (Å²) in [6.45, 7) is 1.89. The summed E-state index contributed by atoms with van der Waals surface area (Å²) in [5.41, 5.74) is 0.823. The van der Waals surface area contributed by atoms with Gasteiger partial charge >= 0.3 is 0 Å². The van der Waals surface area contributed by atoms with Gasteiger partial charge in [0.05, 0.1) is 16.8 Å². The second-order valence-corrected chi connectivity index (χ2v) is 4.04. The second-order valence-electron chi connectivity index (χ2n) is 3.60. The molecule has 0 bridgehead atoms. The number of aromatic nitrogens is 2. The van der Waals surface area contributed by atoms with Crippen LogP contribution in [0.1, 0.15) is 18.7 Å². The monoisotopic (exact) mass is 251 g/mol. The Kier molecular flexibility index (Phi) is 3.54. The largest absolute Gasteiger partial charge is 0.360 e. The predicted octanol–water partition coefficient (Wildman–Crippen LogP) is 3.44. The first-order valence-electron chi connectivity index (χ1n) is 5.15. The van der Waals surface area contributed by atoms with E-state index < -0.39 is 5.82 Å². The summed E-state index contributed by atoms with van der Waals surface area (Å²) < 4.78 is 13.5. The maximum Gasteiger partial charge on any atom is 0.166 e. The SMILES string of the molecule is CC(Nc1ncc(Cl)cc1F)c1ccccn1. The third-order valence-electron chi connectivity index (χ3n) is 2.29. The Bertz CT molecular complexity index is 504. The van der Waals surface area contributed by atoms with Gasteiger partial charge < -0.3 is 5.32 Å². The highest BCUT2D eigenvalue weighted by Gasteiger charge is 2.10. The van der Waals surface area contributed by atoms with Gasteiger partial charge in [0.25, 0.3) is 0 Å². The van der Waals surface area contributed by atoms with E-state index in [0.29, 0.717) is 0 Å². The van der Waals surface area contributed by atoms with Gasteiger partial charge in [0, 0.05) is 12.4 Å². The lowest BCUT2D eigenvalue weighted by Crippen LogP contribution is -2.10. The van der Waals surface area contributed by atoms with Crippen molar-refractivity contribution in [2.24, 2.45) is 0 Å². The van der Waals surface area contributed by atoms with E-state index in [1.807, 2.05) is 25.1 Å². The number of hydrogen-bond acceptors (Lipinski definition) is 3. The number of rotatable bonds is 3. The summed E-state index contributed by atoms with van der Waals surface area (Å²) in [5.74, 6) is -0.298. The van der Waals surface area contributed by atoms with Gasteiger partial charge in [-0.25, -0.2) is 9.37 Å². The van der Waals surface area contributed by atoms with Crippen molar-refractivity contribution in [3.05, 3.63) is 53.2 Å². The minimum atomic E-state index is -0.472. The molecular formula is C12H11ClFN3. The molecule has 2 aromatic heterocycles. The topological polar surface area (TPSA) is 37.8 Å². The number of nitrogens with zero attached hydrogens (tertiary/aromatic N) is 2. The molecule has 0 aliphatic carbocycles. The summed E-state index contributed by atoms with van der Waals surface area (Å²) in [6, 6.07) is 6.68. The molecule has 0 amide bonds. The van der Waals surface area contributed by atoms with E-state index in [1.54, 1.807) is 6.20 Å². The smallest absolute Gasteiger partial charge is 0.166 e. The molecule has 5 heteroatoms. The van der Waals surface area contributed by atoms with Crippen molar-refractivity contribution in [2.45, 2.75) is 13.0 Å². The summed E-state index contributed by atoms with van der Waals surface area (Å²) in [5, 5.41) is 3.22. The molecule has 2 heterocycles. The molecule has 0 saturated heterocycles. The summed E-state index contributed by atoms with van der Waals surface area (Å²) in [4.78, 5) is 8.08. The number of halogens is 2. The van der Waals surface area contributed by atoms with Gasteiger partial charge in [-0.3, -0.25) is 4.98 Å². The van der Waals surface area contributed by atoms with Crippen LogP contribution in [0.25, 0.3) is 0 Å². The van der Waals surface area contributed by atoms with Crippen molar-refractivity contribution in [3.8, 4) is 0 Å². The molecule has 1 atom stereocenters. The van der Waals surface area contributed by atoms with Crippen LogP contribution >= 0.6 is 11.6 Å². The molecule has 1 unspecified atom stereocenters. The van der Waals surface area contributed by atoms with Crippen LogP contribution < -0.4 is 5.32 Å². The average molecular weight is 252 g/mol. The fourth-order valence-electron chi connectivity index (χ4n) is 1.43. The summed E-state index contributed by atoms with van der Waals surface area (Å²) in [6.07, 6.45) is 3.09. The molecule has 0 saturated carbocycles. The number of pyridine rings is 2. The molecule has 17 heavy (non-hydrogen) atoms. The summed E-state index contributed by atoms with van der Waals surface area (Å²) >= 11 is 5.63. The standard InChI is InChI=1S/C12H11ClFN3/c1-8(11-4-2-3-5-15-11)17-12-10(14)6-9(13)7-16-12/h2-8H,1H3,(H,16,17). The van der Waals surface area contributed by atoms with Gasteiger partial charge in [-0.1, -0.05) is 17.7 Å². The highest BCUT2D eigenvalue weighted by Crippen LogP contribution is 2.20. The minimum absolute atomic E-state index is 0.126. The Hall–Kier alpha value is -1.68. The quantitative estimate of drug-likeness (QED) is 0.908.